The minimum Gasteiger partial charge on any atom is -0.388 e. The van der Waals surface area contributed by atoms with Gasteiger partial charge in [-0.1, -0.05) is 26.0 Å². The van der Waals surface area contributed by atoms with Crippen molar-refractivity contribution in [3.63, 3.8) is 0 Å². The van der Waals surface area contributed by atoms with Gasteiger partial charge in [0.2, 0.25) is 0 Å². The normalized spacial score (nSPS) is 12.7. The smallest absolute Gasteiger partial charge is 0.115 e. The molecule has 0 heterocycles. The van der Waals surface area contributed by atoms with Gasteiger partial charge in [0.25, 0.3) is 0 Å². The SMILES string of the molecule is CC(C)C(O)c1ccc2c(NO)ccc(N=O)c2c1. The van der Waals surface area contributed by atoms with Gasteiger partial charge in [0.15, 0.2) is 0 Å². The molecule has 2 rings (SSSR count). The maximum atomic E-state index is 10.8. The summed E-state index contributed by atoms with van der Waals surface area (Å²) in [7, 11) is 0. The lowest BCUT2D eigenvalue weighted by molar-refractivity contribution is 0.127. The highest BCUT2D eigenvalue weighted by atomic mass is 16.5. The first-order valence-corrected chi connectivity index (χ1v) is 6.06. The molecule has 1 atom stereocenters. The van der Waals surface area contributed by atoms with Crippen molar-refractivity contribution >= 4 is 22.1 Å². The van der Waals surface area contributed by atoms with Gasteiger partial charge < -0.3 is 5.11 Å². The summed E-state index contributed by atoms with van der Waals surface area (Å²) in [6.07, 6.45) is -0.602. The van der Waals surface area contributed by atoms with E-state index < -0.39 is 6.10 Å². The Kier molecular flexibility index (Phi) is 3.78. The first kappa shape index (κ1) is 13.5. The van der Waals surface area contributed by atoms with Crippen molar-refractivity contribution < 1.29 is 10.3 Å². The third-order valence-corrected chi connectivity index (χ3v) is 3.21. The number of benzene rings is 2. The lowest BCUT2D eigenvalue weighted by atomic mass is 9.95. The number of nitroso groups, excluding NO2 is 1. The van der Waals surface area contributed by atoms with Crippen molar-refractivity contribution in [2.24, 2.45) is 11.1 Å². The molecule has 0 bridgehead atoms. The van der Waals surface area contributed by atoms with Crippen LogP contribution in [0.1, 0.15) is 25.5 Å². The molecular formula is C14H16N2O3. The third kappa shape index (κ3) is 2.43. The van der Waals surface area contributed by atoms with E-state index in [-0.39, 0.29) is 11.6 Å². The number of aliphatic hydroxyl groups is 1. The van der Waals surface area contributed by atoms with Crippen molar-refractivity contribution in [2.75, 3.05) is 5.48 Å². The molecule has 0 fully saturated rings. The molecule has 0 saturated heterocycles. The van der Waals surface area contributed by atoms with Crippen LogP contribution in [0.25, 0.3) is 10.8 Å². The van der Waals surface area contributed by atoms with Crippen molar-refractivity contribution in [2.45, 2.75) is 20.0 Å². The Balaban J connectivity index is 2.67. The van der Waals surface area contributed by atoms with Crippen molar-refractivity contribution in [3.8, 4) is 0 Å². The zero-order chi connectivity index (χ0) is 14.0. The minimum absolute atomic E-state index is 0.0734. The molecule has 0 amide bonds. The second-order valence-corrected chi connectivity index (χ2v) is 4.83. The largest absolute Gasteiger partial charge is 0.388 e. The topological polar surface area (TPSA) is 81.9 Å². The Morgan fingerprint density at radius 1 is 1.16 bits per heavy atom. The van der Waals surface area contributed by atoms with Crippen molar-refractivity contribution in [3.05, 3.63) is 40.8 Å². The maximum absolute atomic E-state index is 10.8. The highest BCUT2D eigenvalue weighted by Crippen LogP contribution is 2.34. The van der Waals surface area contributed by atoms with Crippen LogP contribution in [0.3, 0.4) is 0 Å². The predicted molar refractivity (Wildman–Crippen MR) is 74.6 cm³/mol. The van der Waals surface area contributed by atoms with Gasteiger partial charge in [-0.05, 0) is 34.9 Å². The van der Waals surface area contributed by atoms with Crippen molar-refractivity contribution in [1.29, 1.82) is 0 Å². The predicted octanol–water partition coefficient (Wildman–Crippen LogP) is 3.73. The summed E-state index contributed by atoms with van der Waals surface area (Å²) in [4.78, 5) is 10.8. The number of aliphatic hydroxyl groups excluding tert-OH is 1. The van der Waals surface area contributed by atoms with Crippen LogP contribution in [0.15, 0.2) is 35.5 Å². The zero-order valence-corrected chi connectivity index (χ0v) is 10.8. The molecule has 0 radical (unpaired) electrons. The molecule has 1 unspecified atom stereocenters. The van der Waals surface area contributed by atoms with Crippen LogP contribution in [0, 0.1) is 10.8 Å². The summed E-state index contributed by atoms with van der Waals surface area (Å²) in [6, 6.07) is 8.38. The van der Waals surface area contributed by atoms with Gasteiger partial charge in [-0.3, -0.25) is 10.7 Å². The van der Waals surface area contributed by atoms with Gasteiger partial charge in [-0.2, -0.15) is 0 Å². The molecule has 100 valence electrons. The number of fused-ring (bicyclic) bond motifs is 1. The van der Waals surface area contributed by atoms with E-state index in [1.54, 1.807) is 24.3 Å². The Labute approximate surface area is 110 Å². The average Bonchev–Trinajstić information content (AvgIpc) is 2.44. The molecule has 0 spiro atoms. The Morgan fingerprint density at radius 2 is 1.89 bits per heavy atom. The third-order valence-electron chi connectivity index (χ3n) is 3.21. The molecular weight excluding hydrogens is 244 g/mol. The molecule has 2 aromatic carbocycles. The molecule has 5 heteroatoms. The molecule has 0 aliphatic heterocycles. The molecule has 2 aromatic rings. The van der Waals surface area contributed by atoms with E-state index in [9.17, 15) is 10.0 Å². The number of rotatable bonds is 4. The quantitative estimate of drug-likeness (QED) is 0.578. The number of hydrogen-bond acceptors (Lipinski definition) is 5. The Hall–Kier alpha value is -1.98. The lowest BCUT2D eigenvalue weighted by Gasteiger charge is -2.16. The van der Waals surface area contributed by atoms with Crippen LogP contribution in [0.5, 0.6) is 0 Å². The van der Waals surface area contributed by atoms with Gasteiger partial charge in [0, 0.05) is 10.8 Å². The van der Waals surface area contributed by atoms with Crippen LogP contribution in [-0.2, 0) is 0 Å². The molecule has 0 aliphatic rings. The molecule has 0 aromatic heterocycles. The summed E-state index contributed by atoms with van der Waals surface area (Å²) in [5, 5.41) is 23.4. The van der Waals surface area contributed by atoms with Gasteiger partial charge in [0.1, 0.15) is 5.69 Å². The van der Waals surface area contributed by atoms with Gasteiger partial charge in [-0.25, -0.2) is 0 Å². The summed E-state index contributed by atoms with van der Waals surface area (Å²) in [5.41, 5.74) is 3.59. The first-order valence-electron chi connectivity index (χ1n) is 6.06. The van der Waals surface area contributed by atoms with Crippen LogP contribution in [0.2, 0.25) is 0 Å². The van der Waals surface area contributed by atoms with Crippen LogP contribution < -0.4 is 5.48 Å². The van der Waals surface area contributed by atoms with Gasteiger partial charge >= 0.3 is 0 Å². The van der Waals surface area contributed by atoms with Gasteiger partial charge in [0.05, 0.1) is 11.8 Å². The summed E-state index contributed by atoms with van der Waals surface area (Å²) >= 11 is 0. The number of anilines is 1. The molecule has 0 aliphatic carbocycles. The number of nitrogens with zero attached hydrogens (tertiary/aromatic N) is 1. The monoisotopic (exact) mass is 260 g/mol. The Morgan fingerprint density at radius 3 is 2.47 bits per heavy atom. The fourth-order valence-electron chi connectivity index (χ4n) is 2.10. The highest BCUT2D eigenvalue weighted by Gasteiger charge is 2.14. The standard InChI is InChI=1S/C14H16N2O3/c1-8(2)14(17)9-3-4-10-11(7-9)13(16-19)6-5-12(10)15-18/h3-8,14-15,17-18H,1-2H3. The van der Waals surface area contributed by atoms with Crippen molar-refractivity contribution in [1.82, 2.24) is 0 Å². The van der Waals surface area contributed by atoms with E-state index in [2.05, 4.69) is 10.7 Å². The van der Waals surface area contributed by atoms with E-state index in [0.29, 0.717) is 16.5 Å². The second-order valence-electron chi connectivity index (χ2n) is 4.83. The van der Waals surface area contributed by atoms with Gasteiger partial charge in [-0.15, -0.1) is 4.91 Å². The highest BCUT2D eigenvalue weighted by molar-refractivity contribution is 6.01. The van der Waals surface area contributed by atoms with Crippen LogP contribution >= 0.6 is 0 Å². The fraction of sp³-hybridized carbons (Fsp3) is 0.286. The van der Waals surface area contributed by atoms with Crippen LogP contribution in [0.4, 0.5) is 11.4 Å². The van der Waals surface area contributed by atoms with E-state index >= 15 is 0 Å². The van der Waals surface area contributed by atoms with E-state index in [1.165, 1.54) is 6.07 Å². The average molecular weight is 260 g/mol. The van der Waals surface area contributed by atoms with Crippen LogP contribution in [-0.4, -0.2) is 10.3 Å². The van der Waals surface area contributed by atoms with E-state index in [0.717, 1.165) is 5.56 Å². The second kappa shape index (κ2) is 5.34. The molecule has 5 nitrogen and oxygen atoms in total. The fourth-order valence-corrected chi connectivity index (χ4v) is 2.10. The molecule has 3 N–H and O–H groups in total. The maximum Gasteiger partial charge on any atom is 0.115 e. The summed E-state index contributed by atoms with van der Waals surface area (Å²) in [5.74, 6) is 0.0734. The lowest BCUT2D eigenvalue weighted by Crippen LogP contribution is -2.05. The Bertz CT molecular complexity index is 611. The molecule has 0 saturated carbocycles. The van der Waals surface area contributed by atoms with E-state index in [4.69, 9.17) is 5.21 Å². The molecule has 19 heavy (non-hydrogen) atoms. The summed E-state index contributed by atoms with van der Waals surface area (Å²) < 4.78 is 0. The minimum atomic E-state index is -0.602. The van der Waals surface area contributed by atoms with E-state index in [1.807, 2.05) is 13.8 Å². The summed E-state index contributed by atoms with van der Waals surface area (Å²) in [6.45, 7) is 3.83. The zero-order valence-electron chi connectivity index (χ0n) is 10.8. The number of nitrogens with one attached hydrogen (secondary N) is 1. The number of hydrogen-bond donors (Lipinski definition) is 3. The first-order chi connectivity index (χ1) is 9.08.